The van der Waals surface area contributed by atoms with Gasteiger partial charge in [-0.3, -0.25) is 0 Å². The largest absolute Gasteiger partial charge is 0.300 e. The Hall–Kier alpha value is -0.550. The molecule has 1 rings (SSSR count). The molecule has 0 bridgehead atoms. The number of likely N-dealkylation sites (tertiary alicyclic amines) is 1. The Balaban J connectivity index is 0.000000921. The molecular formula is C13H26N2. The molecule has 1 aliphatic heterocycles. The van der Waals surface area contributed by atoms with Crippen LogP contribution in [-0.2, 0) is 0 Å². The molecule has 2 nitrogen and oxygen atoms in total. The van der Waals surface area contributed by atoms with Crippen LogP contribution >= 0.6 is 0 Å². The molecule has 1 heterocycles. The maximum absolute atomic E-state index is 6.50. The number of hydrogen-bond donors (Lipinski definition) is 0. The average Bonchev–Trinajstić information content (AvgIpc) is 2.70. The Kier molecular flexibility index (Phi) is 9.62. The van der Waals surface area contributed by atoms with Crippen LogP contribution in [0.3, 0.4) is 0 Å². The first-order valence-corrected chi connectivity index (χ1v) is 6.38. The van der Waals surface area contributed by atoms with Crippen molar-refractivity contribution in [3.63, 3.8) is 0 Å². The highest BCUT2D eigenvalue weighted by molar-refractivity contribution is 4.78. The molecule has 2 heteroatoms. The van der Waals surface area contributed by atoms with Gasteiger partial charge < -0.3 is 4.90 Å². The monoisotopic (exact) mass is 210 g/mol. The normalized spacial score (nSPS) is 20.9. The van der Waals surface area contributed by atoms with Crippen molar-refractivity contribution in [1.29, 1.82) is 5.26 Å². The molecule has 0 aromatic rings. The predicted molar refractivity (Wildman–Crippen MR) is 65.7 cm³/mol. The summed E-state index contributed by atoms with van der Waals surface area (Å²) in [7, 11) is 0. The standard InChI is InChI=1S/C12H25N.CHN/c1-3-5-6-10-13-11-7-9-12(13)8-4-2;1-2/h12H,3-11H2,1-2H3;1H. The minimum atomic E-state index is 0.932. The van der Waals surface area contributed by atoms with Crippen LogP contribution in [0.15, 0.2) is 0 Å². The summed E-state index contributed by atoms with van der Waals surface area (Å²) in [4.78, 5) is 2.72. The molecule has 0 aromatic carbocycles. The smallest absolute Gasteiger partial charge is 0.0462 e. The van der Waals surface area contributed by atoms with E-state index >= 15 is 0 Å². The van der Waals surface area contributed by atoms with Crippen LogP contribution in [0.2, 0.25) is 0 Å². The molecule has 1 aliphatic rings. The molecule has 15 heavy (non-hydrogen) atoms. The second kappa shape index (κ2) is 9.98. The highest BCUT2D eigenvalue weighted by Gasteiger charge is 2.22. The Labute approximate surface area is 95.3 Å². The van der Waals surface area contributed by atoms with E-state index in [0.717, 1.165) is 6.04 Å². The lowest BCUT2D eigenvalue weighted by Gasteiger charge is -2.23. The van der Waals surface area contributed by atoms with Gasteiger partial charge in [0.15, 0.2) is 0 Å². The van der Waals surface area contributed by atoms with E-state index in [-0.39, 0.29) is 0 Å². The van der Waals surface area contributed by atoms with Crippen LogP contribution in [0.25, 0.3) is 0 Å². The van der Waals surface area contributed by atoms with Crippen molar-refractivity contribution < 1.29 is 0 Å². The first kappa shape index (κ1) is 14.5. The SMILES string of the molecule is C#N.CCCCCN1CCCC1CCC. The lowest BCUT2D eigenvalue weighted by Crippen LogP contribution is -2.30. The third-order valence-electron chi connectivity index (χ3n) is 3.17. The molecule has 1 atom stereocenters. The van der Waals surface area contributed by atoms with E-state index in [9.17, 15) is 0 Å². The van der Waals surface area contributed by atoms with Crippen molar-refractivity contribution in [2.45, 2.75) is 64.8 Å². The zero-order chi connectivity index (χ0) is 11.5. The quantitative estimate of drug-likeness (QED) is 0.627. The van der Waals surface area contributed by atoms with Crippen LogP contribution in [0.4, 0.5) is 0 Å². The molecular weight excluding hydrogens is 184 g/mol. The van der Waals surface area contributed by atoms with Gasteiger partial charge in [0.05, 0.1) is 0 Å². The molecule has 1 fully saturated rings. The van der Waals surface area contributed by atoms with Crippen LogP contribution in [0.5, 0.6) is 0 Å². The van der Waals surface area contributed by atoms with Gasteiger partial charge in [-0.05, 0) is 38.8 Å². The fourth-order valence-electron chi connectivity index (χ4n) is 2.41. The van der Waals surface area contributed by atoms with E-state index < -0.39 is 0 Å². The van der Waals surface area contributed by atoms with Gasteiger partial charge in [-0.1, -0.05) is 33.1 Å². The molecule has 0 aromatic heterocycles. The van der Waals surface area contributed by atoms with Crippen molar-refractivity contribution in [3.8, 4) is 6.57 Å². The third-order valence-corrected chi connectivity index (χ3v) is 3.17. The van der Waals surface area contributed by atoms with Crippen molar-refractivity contribution in [2.75, 3.05) is 13.1 Å². The number of rotatable bonds is 6. The topological polar surface area (TPSA) is 27.0 Å². The second-order valence-corrected chi connectivity index (χ2v) is 4.33. The molecule has 0 saturated carbocycles. The lowest BCUT2D eigenvalue weighted by atomic mass is 10.1. The van der Waals surface area contributed by atoms with E-state index in [4.69, 9.17) is 5.26 Å². The van der Waals surface area contributed by atoms with Gasteiger partial charge >= 0.3 is 0 Å². The zero-order valence-corrected chi connectivity index (χ0v) is 10.4. The van der Waals surface area contributed by atoms with E-state index in [1.54, 1.807) is 0 Å². The number of nitrogens with zero attached hydrogens (tertiary/aromatic N) is 2. The fourth-order valence-corrected chi connectivity index (χ4v) is 2.41. The molecule has 88 valence electrons. The summed E-state index contributed by atoms with van der Waals surface area (Å²) in [6, 6.07) is 0.932. The first-order chi connectivity index (χ1) is 7.38. The minimum Gasteiger partial charge on any atom is -0.300 e. The second-order valence-electron chi connectivity index (χ2n) is 4.33. The summed E-state index contributed by atoms with van der Waals surface area (Å²) in [5.41, 5.74) is 0. The number of nitriles is 1. The molecule has 1 unspecified atom stereocenters. The van der Waals surface area contributed by atoms with E-state index in [1.807, 2.05) is 0 Å². The van der Waals surface area contributed by atoms with Crippen LogP contribution in [0.1, 0.15) is 58.8 Å². The van der Waals surface area contributed by atoms with Crippen LogP contribution in [-0.4, -0.2) is 24.0 Å². The van der Waals surface area contributed by atoms with Crippen molar-refractivity contribution in [3.05, 3.63) is 0 Å². The maximum atomic E-state index is 6.50. The van der Waals surface area contributed by atoms with Crippen molar-refractivity contribution in [1.82, 2.24) is 4.90 Å². The van der Waals surface area contributed by atoms with Crippen molar-refractivity contribution in [2.24, 2.45) is 0 Å². The summed E-state index contributed by atoms with van der Waals surface area (Å²) in [6.45, 7) is 10.8. The van der Waals surface area contributed by atoms with E-state index in [2.05, 4.69) is 25.3 Å². The van der Waals surface area contributed by atoms with Crippen LogP contribution < -0.4 is 0 Å². The molecule has 1 saturated heterocycles. The molecule has 0 aliphatic carbocycles. The van der Waals surface area contributed by atoms with Gasteiger partial charge in [-0.25, -0.2) is 5.26 Å². The van der Waals surface area contributed by atoms with Gasteiger partial charge in [0.25, 0.3) is 0 Å². The van der Waals surface area contributed by atoms with Crippen molar-refractivity contribution >= 4 is 0 Å². The van der Waals surface area contributed by atoms with Crippen LogP contribution in [0, 0.1) is 11.8 Å². The first-order valence-electron chi connectivity index (χ1n) is 6.38. The van der Waals surface area contributed by atoms with E-state index in [0.29, 0.717) is 0 Å². The molecule has 0 radical (unpaired) electrons. The predicted octanol–water partition coefficient (Wildman–Crippen LogP) is 3.58. The lowest BCUT2D eigenvalue weighted by molar-refractivity contribution is 0.237. The molecule has 0 amide bonds. The molecule has 0 spiro atoms. The summed E-state index contributed by atoms with van der Waals surface area (Å²) in [5.74, 6) is 0. The summed E-state index contributed by atoms with van der Waals surface area (Å²) in [5, 5.41) is 6.50. The van der Waals surface area contributed by atoms with Gasteiger partial charge in [0.1, 0.15) is 0 Å². The Morgan fingerprint density at radius 1 is 1.20 bits per heavy atom. The summed E-state index contributed by atoms with van der Waals surface area (Å²) in [6.07, 6.45) is 9.86. The average molecular weight is 210 g/mol. The van der Waals surface area contributed by atoms with Gasteiger partial charge in [0, 0.05) is 12.6 Å². The van der Waals surface area contributed by atoms with Gasteiger partial charge in [-0.2, -0.15) is 0 Å². The Morgan fingerprint density at radius 2 is 1.93 bits per heavy atom. The Bertz CT molecular complexity index is 154. The molecule has 0 N–H and O–H groups in total. The van der Waals surface area contributed by atoms with Gasteiger partial charge in [0.2, 0.25) is 0 Å². The van der Waals surface area contributed by atoms with Gasteiger partial charge in [-0.15, -0.1) is 0 Å². The summed E-state index contributed by atoms with van der Waals surface area (Å²) < 4.78 is 0. The zero-order valence-electron chi connectivity index (χ0n) is 10.4. The number of unbranched alkanes of at least 4 members (excludes halogenated alkanes) is 2. The third kappa shape index (κ3) is 5.79. The minimum absolute atomic E-state index is 0.932. The summed E-state index contributed by atoms with van der Waals surface area (Å²) >= 11 is 0. The maximum Gasteiger partial charge on any atom is 0.0462 e. The van der Waals surface area contributed by atoms with E-state index in [1.165, 1.54) is 58.0 Å². The highest BCUT2D eigenvalue weighted by Crippen LogP contribution is 2.21. The fraction of sp³-hybridized carbons (Fsp3) is 0.923. The highest BCUT2D eigenvalue weighted by atomic mass is 15.2. The Morgan fingerprint density at radius 3 is 2.53 bits per heavy atom. The number of hydrogen-bond acceptors (Lipinski definition) is 2.